The number of likely N-dealkylation sites (tertiary alicyclic amines) is 1. The lowest BCUT2D eigenvalue weighted by atomic mass is 9.84. The van der Waals surface area contributed by atoms with Crippen molar-refractivity contribution in [2.45, 2.75) is 25.0 Å². The first-order chi connectivity index (χ1) is 18.0. The minimum atomic E-state index is -0.907. The number of furan rings is 1. The number of nitrogens with one attached hydrogen (secondary N) is 1. The number of carbonyl (C=O) groups excluding carboxylic acids is 1. The van der Waals surface area contributed by atoms with Crippen LogP contribution in [0.4, 0.5) is 0 Å². The second-order valence-corrected chi connectivity index (χ2v) is 9.34. The molecule has 7 heteroatoms. The zero-order valence-corrected chi connectivity index (χ0v) is 20.9. The number of benzene rings is 2. The number of rotatable bonds is 8. The van der Waals surface area contributed by atoms with Crippen LogP contribution in [0.2, 0.25) is 0 Å². The average Bonchev–Trinajstić information content (AvgIpc) is 3.37. The molecule has 1 amide bonds. The summed E-state index contributed by atoms with van der Waals surface area (Å²) in [5, 5.41) is 15.1. The van der Waals surface area contributed by atoms with Crippen molar-refractivity contribution in [1.29, 1.82) is 0 Å². The number of hydrogen-bond acceptors (Lipinski definition) is 6. The molecule has 2 aromatic heterocycles. The molecular formula is C30H31N3O4. The molecule has 0 bridgehead atoms. The van der Waals surface area contributed by atoms with Gasteiger partial charge in [0.2, 0.25) is 0 Å². The molecule has 7 nitrogen and oxygen atoms in total. The van der Waals surface area contributed by atoms with Gasteiger partial charge in [-0.2, -0.15) is 0 Å². The lowest BCUT2D eigenvalue weighted by molar-refractivity contribution is -0.0232. The Hall–Kier alpha value is -3.94. The van der Waals surface area contributed by atoms with E-state index in [-0.39, 0.29) is 11.7 Å². The summed E-state index contributed by atoms with van der Waals surface area (Å²) >= 11 is 0. The van der Waals surface area contributed by atoms with Crippen molar-refractivity contribution in [3.8, 4) is 5.75 Å². The molecule has 0 unspecified atom stereocenters. The van der Waals surface area contributed by atoms with Gasteiger partial charge >= 0.3 is 0 Å². The van der Waals surface area contributed by atoms with E-state index in [9.17, 15) is 9.90 Å². The molecule has 37 heavy (non-hydrogen) atoms. The fourth-order valence-electron chi connectivity index (χ4n) is 4.73. The van der Waals surface area contributed by atoms with Crippen molar-refractivity contribution in [2.75, 3.05) is 26.7 Å². The third-order valence-electron chi connectivity index (χ3n) is 6.92. The minimum Gasteiger partial charge on any atom is -0.496 e. The Morgan fingerprint density at radius 2 is 1.95 bits per heavy atom. The van der Waals surface area contributed by atoms with Gasteiger partial charge in [0.05, 0.1) is 24.9 Å². The maximum absolute atomic E-state index is 12.6. The predicted octanol–water partition coefficient (Wildman–Crippen LogP) is 4.76. The highest BCUT2D eigenvalue weighted by Gasteiger charge is 2.34. The molecular weight excluding hydrogens is 466 g/mol. The highest BCUT2D eigenvalue weighted by atomic mass is 16.5. The zero-order chi connectivity index (χ0) is 25.7. The second kappa shape index (κ2) is 11.0. The lowest BCUT2D eigenvalue weighted by Gasteiger charge is -2.38. The van der Waals surface area contributed by atoms with E-state index in [4.69, 9.17) is 9.15 Å². The molecule has 0 spiro atoms. The van der Waals surface area contributed by atoms with E-state index in [2.05, 4.69) is 27.4 Å². The number of amides is 1. The molecule has 1 aliphatic heterocycles. The topological polar surface area (TPSA) is 87.8 Å². The molecule has 1 fully saturated rings. The van der Waals surface area contributed by atoms with Gasteiger partial charge in [0.15, 0.2) is 5.76 Å². The largest absolute Gasteiger partial charge is 0.496 e. The van der Waals surface area contributed by atoms with Crippen LogP contribution in [0, 0.1) is 0 Å². The molecule has 0 atom stereocenters. The summed E-state index contributed by atoms with van der Waals surface area (Å²) in [5.74, 6) is 0.804. The van der Waals surface area contributed by atoms with Gasteiger partial charge in [0, 0.05) is 36.8 Å². The van der Waals surface area contributed by atoms with E-state index >= 15 is 0 Å². The Balaban J connectivity index is 1.19. The number of nitrogens with zero attached hydrogens (tertiary/aromatic N) is 2. The normalized spacial score (nSPS) is 15.7. The van der Waals surface area contributed by atoms with Crippen molar-refractivity contribution < 1.29 is 19.1 Å². The van der Waals surface area contributed by atoms with Gasteiger partial charge < -0.3 is 19.6 Å². The first-order valence-corrected chi connectivity index (χ1v) is 12.5. The molecule has 3 heterocycles. The number of pyridine rings is 1. The van der Waals surface area contributed by atoms with Crippen LogP contribution in [-0.4, -0.2) is 47.6 Å². The van der Waals surface area contributed by atoms with Gasteiger partial charge in [-0.15, -0.1) is 0 Å². The molecule has 0 saturated carbocycles. The smallest absolute Gasteiger partial charge is 0.287 e. The predicted molar refractivity (Wildman–Crippen MR) is 143 cm³/mol. The number of aromatic nitrogens is 1. The summed E-state index contributed by atoms with van der Waals surface area (Å²) < 4.78 is 11.2. The summed E-state index contributed by atoms with van der Waals surface area (Å²) in [4.78, 5) is 19.1. The molecule has 2 aromatic carbocycles. The molecule has 1 aliphatic rings. The van der Waals surface area contributed by atoms with Gasteiger partial charge in [-0.05, 0) is 54.8 Å². The van der Waals surface area contributed by atoms with Gasteiger partial charge in [0.1, 0.15) is 11.3 Å². The maximum Gasteiger partial charge on any atom is 0.287 e. The molecule has 1 saturated heterocycles. The van der Waals surface area contributed by atoms with Gasteiger partial charge in [-0.1, -0.05) is 42.5 Å². The number of methoxy groups -OCH3 is 1. The van der Waals surface area contributed by atoms with Crippen LogP contribution in [0.15, 0.2) is 83.4 Å². The van der Waals surface area contributed by atoms with Crippen LogP contribution in [0.1, 0.15) is 40.2 Å². The maximum atomic E-state index is 12.6. The quantitative estimate of drug-likeness (QED) is 0.365. The van der Waals surface area contributed by atoms with Crippen LogP contribution in [0.5, 0.6) is 5.75 Å². The Labute approximate surface area is 216 Å². The molecule has 0 aliphatic carbocycles. The molecule has 5 rings (SSSR count). The number of para-hydroxylation sites is 1. The van der Waals surface area contributed by atoms with E-state index in [1.165, 1.54) is 0 Å². The van der Waals surface area contributed by atoms with E-state index in [0.717, 1.165) is 47.6 Å². The van der Waals surface area contributed by atoms with Crippen LogP contribution in [0.25, 0.3) is 17.0 Å². The number of ether oxygens (including phenoxy) is 1. The number of aliphatic hydroxyl groups is 1. The molecule has 2 N–H and O–H groups in total. The fraction of sp³-hybridized carbons (Fsp3) is 0.267. The number of hydrogen-bond donors (Lipinski definition) is 2. The van der Waals surface area contributed by atoms with Crippen molar-refractivity contribution >= 4 is 23.0 Å². The molecule has 190 valence electrons. The second-order valence-electron chi connectivity index (χ2n) is 9.34. The fourth-order valence-corrected chi connectivity index (χ4v) is 4.73. The van der Waals surface area contributed by atoms with E-state index < -0.39 is 5.60 Å². The van der Waals surface area contributed by atoms with Crippen LogP contribution >= 0.6 is 0 Å². The van der Waals surface area contributed by atoms with Crippen LogP contribution < -0.4 is 10.1 Å². The summed E-state index contributed by atoms with van der Waals surface area (Å²) in [6.45, 7) is 2.72. The Bertz CT molecular complexity index is 1390. The number of fused-ring (bicyclic) bond motifs is 1. The molecule has 0 radical (unpaired) electrons. The average molecular weight is 498 g/mol. The summed E-state index contributed by atoms with van der Waals surface area (Å²) in [7, 11) is 1.68. The lowest BCUT2D eigenvalue weighted by Crippen LogP contribution is -2.42. The van der Waals surface area contributed by atoms with Gasteiger partial charge in [-0.3, -0.25) is 14.7 Å². The summed E-state index contributed by atoms with van der Waals surface area (Å²) in [5.41, 5.74) is 2.39. The van der Waals surface area contributed by atoms with Gasteiger partial charge in [-0.25, -0.2) is 0 Å². The highest BCUT2D eigenvalue weighted by Crippen LogP contribution is 2.35. The van der Waals surface area contributed by atoms with Crippen molar-refractivity contribution in [2.24, 2.45) is 0 Å². The SMILES string of the molecule is COc1ccccc1/C=C/CN1CCC(O)(c2ccc3oc(C(=O)NCc4ccccn4)cc3c2)CC1. The van der Waals surface area contributed by atoms with Gasteiger partial charge in [0.25, 0.3) is 5.91 Å². The minimum absolute atomic E-state index is 0.242. The van der Waals surface area contributed by atoms with Crippen molar-refractivity contribution in [1.82, 2.24) is 15.2 Å². The Morgan fingerprint density at radius 3 is 2.73 bits per heavy atom. The van der Waals surface area contributed by atoms with Crippen molar-refractivity contribution in [3.05, 3.63) is 102 Å². The third-order valence-corrected chi connectivity index (χ3v) is 6.92. The highest BCUT2D eigenvalue weighted by molar-refractivity contribution is 5.96. The molecule has 4 aromatic rings. The first-order valence-electron chi connectivity index (χ1n) is 12.5. The van der Waals surface area contributed by atoms with E-state index in [1.807, 2.05) is 60.7 Å². The van der Waals surface area contributed by atoms with E-state index in [1.54, 1.807) is 19.4 Å². The van der Waals surface area contributed by atoms with Crippen molar-refractivity contribution in [3.63, 3.8) is 0 Å². The summed E-state index contributed by atoms with van der Waals surface area (Å²) in [6, 6.07) is 20.9. The number of piperidine rings is 1. The number of carbonyl (C=O) groups is 1. The first kappa shape index (κ1) is 24.7. The third kappa shape index (κ3) is 5.74. The zero-order valence-electron chi connectivity index (χ0n) is 20.9. The monoisotopic (exact) mass is 497 g/mol. The van der Waals surface area contributed by atoms with Crippen LogP contribution in [0.3, 0.4) is 0 Å². The standard InChI is InChI=1S/C30H31N3O4/c1-36-26-10-3-2-7-22(26)8-6-16-33-17-13-30(35,14-18-33)24-11-12-27-23(19-24)20-28(37-27)29(34)32-21-25-9-4-5-15-31-25/h2-12,15,19-20,35H,13-14,16-18,21H2,1H3,(H,32,34)/b8-6+. The van der Waals surface area contributed by atoms with Crippen LogP contribution in [-0.2, 0) is 12.1 Å². The summed E-state index contributed by atoms with van der Waals surface area (Å²) in [6.07, 6.45) is 7.18. The van der Waals surface area contributed by atoms with E-state index in [0.29, 0.717) is 25.0 Å². The Morgan fingerprint density at radius 1 is 1.14 bits per heavy atom. The Kier molecular flexibility index (Phi) is 7.35.